The lowest BCUT2D eigenvalue weighted by Gasteiger charge is -2.15. The zero-order valence-corrected chi connectivity index (χ0v) is 11.5. The van der Waals surface area contributed by atoms with Crippen molar-refractivity contribution in [3.63, 3.8) is 0 Å². The minimum Gasteiger partial charge on any atom is -0.490 e. The molecule has 19 heavy (non-hydrogen) atoms. The average Bonchev–Trinajstić information content (AvgIpc) is 2.30. The van der Waals surface area contributed by atoms with Crippen LogP contribution in [0.25, 0.3) is 0 Å². The summed E-state index contributed by atoms with van der Waals surface area (Å²) < 4.78 is 40.8. The van der Waals surface area contributed by atoms with E-state index in [0.29, 0.717) is 6.42 Å². The van der Waals surface area contributed by atoms with Crippen LogP contribution in [0.3, 0.4) is 0 Å². The molecule has 0 aliphatic rings. The molecule has 0 unspecified atom stereocenters. The van der Waals surface area contributed by atoms with Gasteiger partial charge in [-0.15, -0.1) is 0 Å². The Morgan fingerprint density at radius 2 is 2.11 bits per heavy atom. The molecule has 0 aliphatic heterocycles. The first-order valence-corrected chi connectivity index (χ1v) is 7.07. The van der Waals surface area contributed by atoms with Gasteiger partial charge in [0.1, 0.15) is 0 Å². The van der Waals surface area contributed by atoms with Crippen molar-refractivity contribution in [1.29, 1.82) is 5.26 Å². The molecule has 7 heteroatoms. The number of hydrogen-bond donors (Lipinski definition) is 1. The number of halogens is 1. The number of nitrogens with two attached hydrogens (primary N) is 1. The number of sulfonamides is 1. The van der Waals surface area contributed by atoms with E-state index in [1.165, 1.54) is 12.1 Å². The van der Waals surface area contributed by atoms with Gasteiger partial charge in [0.2, 0.25) is 10.0 Å². The Kier molecular flexibility index (Phi) is 4.50. The summed E-state index contributed by atoms with van der Waals surface area (Å²) in [6.07, 6.45) is 0.430. The number of hydrogen-bond acceptors (Lipinski definition) is 4. The Balaban J connectivity index is 2.75. The van der Waals surface area contributed by atoms with E-state index in [2.05, 4.69) is 6.07 Å². The Labute approximate surface area is 111 Å². The van der Waals surface area contributed by atoms with Crippen molar-refractivity contribution in [2.45, 2.75) is 25.2 Å². The van der Waals surface area contributed by atoms with Crippen molar-refractivity contribution in [1.82, 2.24) is 0 Å². The Hall–Kier alpha value is -1.65. The Bertz CT molecular complexity index is 606. The van der Waals surface area contributed by atoms with E-state index in [4.69, 9.17) is 15.1 Å². The molecule has 0 fully saturated rings. The lowest BCUT2D eigenvalue weighted by Crippen LogP contribution is -2.14. The summed E-state index contributed by atoms with van der Waals surface area (Å²) in [6.45, 7) is 3.65. The smallest absolute Gasteiger partial charge is 0.238 e. The van der Waals surface area contributed by atoms with Crippen molar-refractivity contribution >= 4 is 10.0 Å². The van der Waals surface area contributed by atoms with Crippen LogP contribution in [0.5, 0.6) is 5.75 Å². The molecule has 0 aromatic heterocycles. The van der Waals surface area contributed by atoms with Crippen molar-refractivity contribution in [2.75, 3.05) is 6.61 Å². The second-order valence-corrected chi connectivity index (χ2v) is 6.29. The maximum absolute atomic E-state index is 13.6. The third kappa shape index (κ3) is 4.50. The van der Waals surface area contributed by atoms with E-state index in [1.54, 1.807) is 13.8 Å². The molecule has 0 amide bonds. The maximum atomic E-state index is 13.6. The summed E-state index contributed by atoms with van der Waals surface area (Å²) >= 11 is 0. The van der Waals surface area contributed by atoms with Crippen molar-refractivity contribution in [3.8, 4) is 11.8 Å². The van der Waals surface area contributed by atoms with E-state index < -0.39 is 21.3 Å². The molecule has 1 aromatic rings. The standard InChI is InChI=1S/C12H15FN2O3S/c1-12(2,8-14)5-6-18-11-4-3-9(7-10(11)13)19(15,16)17/h3-4,7H,5-6H2,1-2H3,(H2,15,16,17). The predicted molar refractivity (Wildman–Crippen MR) is 67.3 cm³/mol. The molecule has 0 radical (unpaired) electrons. The molecule has 0 atom stereocenters. The molecule has 5 nitrogen and oxygen atoms in total. The van der Waals surface area contributed by atoms with Gasteiger partial charge in [-0.3, -0.25) is 0 Å². The van der Waals surface area contributed by atoms with E-state index in [9.17, 15) is 12.8 Å². The minimum absolute atomic E-state index is 0.0684. The minimum atomic E-state index is -3.93. The van der Waals surface area contributed by atoms with Crippen LogP contribution in [0.2, 0.25) is 0 Å². The van der Waals surface area contributed by atoms with Gasteiger partial charge in [-0.05, 0) is 38.5 Å². The van der Waals surface area contributed by atoms with Crippen LogP contribution in [-0.2, 0) is 10.0 Å². The molecule has 0 saturated carbocycles. The van der Waals surface area contributed by atoms with Crippen LogP contribution in [0.4, 0.5) is 4.39 Å². The summed E-state index contributed by atoms with van der Waals surface area (Å²) in [5.74, 6) is -0.873. The molecule has 2 N–H and O–H groups in total. The normalized spacial score (nSPS) is 11.9. The lowest BCUT2D eigenvalue weighted by molar-refractivity contribution is 0.254. The average molecular weight is 286 g/mol. The molecule has 0 heterocycles. The second kappa shape index (κ2) is 5.55. The summed E-state index contributed by atoms with van der Waals surface area (Å²) in [5.41, 5.74) is -0.559. The number of ether oxygens (including phenoxy) is 1. The summed E-state index contributed by atoms with van der Waals surface area (Å²) in [5, 5.41) is 13.7. The third-order valence-corrected chi connectivity index (χ3v) is 3.43. The van der Waals surface area contributed by atoms with Crippen LogP contribution >= 0.6 is 0 Å². The van der Waals surface area contributed by atoms with Gasteiger partial charge in [0.15, 0.2) is 11.6 Å². The molecule has 104 valence electrons. The fraction of sp³-hybridized carbons (Fsp3) is 0.417. The van der Waals surface area contributed by atoms with Crippen LogP contribution in [0, 0.1) is 22.6 Å². The molecule has 0 bridgehead atoms. The highest BCUT2D eigenvalue weighted by Gasteiger charge is 2.17. The summed E-state index contributed by atoms with van der Waals surface area (Å²) in [7, 11) is -3.93. The highest BCUT2D eigenvalue weighted by molar-refractivity contribution is 7.89. The predicted octanol–water partition coefficient (Wildman–Crippen LogP) is 1.79. The van der Waals surface area contributed by atoms with E-state index in [-0.39, 0.29) is 17.3 Å². The molecule has 1 aromatic carbocycles. The number of benzene rings is 1. The van der Waals surface area contributed by atoms with Crippen molar-refractivity contribution in [2.24, 2.45) is 10.6 Å². The van der Waals surface area contributed by atoms with Gasteiger partial charge in [-0.1, -0.05) is 0 Å². The summed E-state index contributed by atoms with van der Waals surface area (Å²) in [4.78, 5) is -0.310. The van der Waals surface area contributed by atoms with Crippen LogP contribution < -0.4 is 9.88 Å². The monoisotopic (exact) mass is 286 g/mol. The molecule has 0 saturated heterocycles. The van der Waals surface area contributed by atoms with Gasteiger partial charge in [-0.25, -0.2) is 17.9 Å². The number of nitrogens with zero attached hydrogens (tertiary/aromatic N) is 1. The topological polar surface area (TPSA) is 93.2 Å². The first-order chi connectivity index (χ1) is 8.65. The van der Waals surface area contributed by atoms with Crippen LogP contribution in [0.15, 0.2) is 23.1 Å². The zero-order valence-electron chi connectivity index (χ0n) is 10.7. The highest BCUT2D eigenvalue weighted by atomic mass is 32.2. The van der Waals surface area contributed by atoms with Gasteiger partial charge in [0.05, 0.1) is 23.0 Å². The third-order valence-electron chi connectivity index (χ3n) is 2.52. The molecule has 1 rings (SSSR count). The number of nitriles is 1. The van der Waals surface area contributed by atoms with Crippen LogP contribution in [-0.4, -0.2) is 15.0 Å². The van der Waals surface area contributed by atoms with Crippen LogP contribution in [0.1, 0.15) is 20.3 Å². The Morgan fingerprint density at radius 1 is 1.47 bits per heavy atom. The number of primary sulfonamides is 1. The molecular weight excluding hydrogens is 271 g/mol. The molecular formula is C12H15FN2O3S. The van der Waals surface area contributed by atoms with E-state index >= 15 is 0 Å². The lowest BCUT2D eigenvalue weighted by atomic mass is 9.92. The zero-order chi connectivity index (χ0) is 14.7. The largest absolute Gasteiger partial charge is 0.490 e. The first-order valence-electron chi connectivity index (χ1n) is 5.52. The Morgan fingerprint density at radius 3 is 2.58 bits per heavy atom. The van der Waals surface area contributed by atoms with Crippen molar-refractivity contribution in [3.05, 3.63) is 24.0 Å². The van der Waals surface area contributed by atoms with Crippen molar-refractivity contribution < 1.29 is 17.5 Å². The summed E-state index contributed by atoms with van der Waals surface area (Å²) in [6, 6.07) is 5.28. The van der Waals surface area contributed by atoms with Gasteiger partial charge in [0, 0.05) is 0 Å². The van der Waals surface area contributed by atoms with Gasteiger partial charge in [-0.2, -0.15) is 5.26 Å². The maximum Gasteiger partial charge on any atom is 0.238 e. The fourth-order valence-electron chi connectivity index (χ4n) is 1.25. The fourth-order valence-corrected chi connectivity index (χ4v) is 1.77. The molecule has 0 spiro atoms. The number of rotatable bonds is 5. The van der Waals surface area contributed by atoms with Gasteiger partial charge in [0.25, 0.3) is 0 Å². The van der Waals surface area contributed by atoms with Gasteiger partial charge >= 0.3 is 0 Å². The van der Waals surface area contributed by atoms with E-state index in [1.807, 2.05) is 0 Å². The quantitative estimate of drug-likeness (QED) is 0.893. The second-order valence-electron chi connectivity index (χ2n) is 4.73. The van der Waals surface area contributed by atoms with E-state index in [0.717, 1.165) is 6.07 Å². The first kappa shape index (κ1) is 15.4. The molecule has 0 aliphatic carbocycles. The van der Waals surface area contributed by atoms with Gasteiger partial charge < -0.3 is 4.74 Å². The SMILES string of the molecule is CC(C)(C#N)CCOc1ccc(S(N)(=O)=O)cc1F. The highest BCUT2D eigenvalue weighted by Crippen LogP contribution is 2.23.